The SMILES string of the molecule is O=C(Nc1nncs1)c1ccc(NCC2C3Cc4ccccc4C23)nc1. The predicted molar refractivity (Wildman–Crippen MR) is 100 cm³/mol. The van der Waals surface area contributed by atoms with Gasteiger partial charge in [-0.3, -0.25) is 10.1 Å². The molecular formula is C19H17N5OS. The van der Waals surface area contributed by atoms with Gasteiger partial charge in [0.25, 0.3) is 5.91 Å². The first-order chi connectivity index (χ1) is 12.8. The summed E-state index contributed by atoms with van der Waals surface area (Å²) in [6.45, 7) is 0.924. The van der Waals surface area contributed by atoms with Crippen molar-refractivity contribution in [1.29, 1.82) is 0 Å². The lowest BCUT2D eigenvalue weighted by Gasteiger charge is -2.09. The van der Waals surface area contributed by atoms with Gasteiger partial charge in [0.05, 0.1) is 5.56 Å². The van der Waals surface area contributed by atoms with E-state index in [-0.39, 0.29) is 5.91 Å². The van der Waals surface area contributed by atoms with Crippen molar-refractivity contribution in [2.75, 3.05) is 17.2 Å². The smallest absolute Gasteiger partial charge is 0.259 e. The quantitative estimate of drug-likeness (QED) is 0.728. The van der Waals surface area contributed by atoms with Crippen LogP contribution in [0.2, 0.25) is 0 Å². The summed E-state index contributed by atoms with van der Waals surface area (Å²) in [5.74, 6) is 2.74. The largest absolute Gasteiger partial charge is 0.370 e. The van der Waals surface area contributed by atoms with Crippen LogP contribution < -0.4 is 10.6 Å². The van der Waals surface area contributed by atoms with Crippen LogP contribution in [-0.4, -0.2) is 27.6 Å². The van der Waals surface area contributed by atoms with E-state index in [1.807, 2.05) is 6.07 Å². The van der Waals surface area contributed by atoms with Gasteiger partial charge in [-0.2, -0.15) is 0 Å². The van der Waals surface area contributed by atoms with E-state index < -0.39 is 0 Å². The van der Waals surface area contributed by atoms with Crippen LogP contribution in [0, 0.1) is 11.8 Å². The third kappa shape index (κ3) is 2.74. The highest BCUT2D eigenvalue weighted by atomic mass is 32.1. The van der Waals surface area contributed by atoms with Gasteiger partial charge in [-0.25, -0.2) is 4.98 Å². The minimum absolute atomic E-state index is 0.228. The number of amides is 1. The average molecular weight is 363 g/mol. The molecule has 0 bridgehead atoms. The summed E-state index contributed by atoms with van der Waals surface area (Å²) in [7, 11) is 0. The summed E-state index contributed by atoms with van der Waals surface area (Å²) >= 11 is 1.28. The zero-order valence-corrected chi connectivity index (χ0v) is 14.7. The lowest BCUT2D eigenvalue weighted by atomic mass is 10.0. The van der Waals surface area contributed by atoms with Crippen molar-refractivity contribution in [3.05, 3.63) is 64.8 Å². The number of carbonyl (C=O) groups excluding carboxylic acids is 1. The number of benzene rings is 1. The molecule has 3 unspecified atom stereocenters. The summed E-state index contributed by atoms with van der Waals surface area (Å²) in [6, 6.07) is 12.4. The molecule has 1 saturated carbocycles. The number of fused-ring (bicyclic) bond motifs is 3. The second-order valence-corrected chi connectivity index (χ2v) is 7.60. The summed E-state index contributed by atoms with van der Waals surface area (Å²) in [4.78, 5) is 16.5. The number of nitrogens with zero attached hydrogens (tertiary/aromatic N) is 3. The van der Waals surface area contributed by atoms with E-state index in [4.69, 9.17) is 0 Å². The van der Waals surface area contributed by atoms with Gasteiger partial charge in [0.2, 0.25) is 5.13 Å². The molecule has 0 saturated heterocycles. The Labute approximate surface area is 154 Å². The third-order valence-corrected chi connectivity index (χ3v) is 5.93. The molecule has 3 atom stereocenters. The molecule has 0 radical (unpaired) electrons. The van der Waals surface area contributed by atoms with Gasteiger partial charge in [-0.05, 0) is 47.4 Å². The Morgan fingerprint density at radius 3 is 2.96 bits per heavy atom. The van der Waals surface area contributed by atoms with E-state index in [2.05, 4.69) is 50.1 Å². The van der Waals surface area contributed by atoms with Crippen molar-refractivity contribution in [3.8, 4) is 0 Å². The van der Waals surface area contributed by atoms with Gasteiger partial charge in [-0.15, -0.1) is 10.2 Å². The normalized spacial score (nSPS) is 22.4. The minimum atomic E-state index is -0.228. The molecule has 1 amide bonds. The van der Waals surface area contributed by atoms with Crippen LogP contribution in [0.15, 0.2) is 48.1 Å². The van der Waals surface area contributed by atoms with Crippen molar-refractivity contribution in [1.82, 2.24) is 15.2 Å². The van der Waals surface area contributed by atoms with Gasteiger partial charge < -0.3 is 5.32 Å². The highest BCUT2D eigenvalue weighted by molar-refractivity contribution is 7.13. The Morgan fingerprint density at radius 2 is 2.15 bits per heavy atom. The molecule has 0 spiro atoms. The molecular weight excluding hydrogens is 346 g/mol. The lowest BCUT2D eigenvalue weighted by molar-refractivity contribution is 0.102. The van der Waals surface area contributed by atoms with Crippen molar-refractivity contribution in [2.45, 2.75) is 12.3 Å². The van der Waals surface area contributed by atoms with Crippen molar-refractivity contribution < 1.29 is 4.79 Å². The van der Waals surface area contributed by atoms with Crippen molar-refractivity contribution in [2.24, 2.45) is 11.8 Å². The first kappa shape index (κ1) is 15.5. The maximum Gasteiger partial charge on any atom is 0.259 e. The Balaban J connectivity index is 1.17. The molecule has 5 rings (SSSR count). The number of pyridine rings is 1. The predicted octanol–water partition coefficient (Wildman–Crippen LogP) is 3.18. The van der Waals surface area contributed by atoms with Crippen LogP contribution in [0.4, 0.5) is 10.9 Å². The highest BCUT2D eigenvalue weighted by Gasteiger charge is 2.54. The molecule has 2 heterocycles. The molecule has 2 N–H and O–H groups in total. The van der Waals surface area contributed by atoms with Gasteiger partial charge in [0.15, 0.2) is 0 Å². The number of hydrogen-bond acceptors (Lipinski definition) is 6. The Morgan fingerprint density at radius 1 is 1.23 bits per heavy atom. The molecule has 0 aliphatic heterocycles. The summed E-state index contributed by atoms with van der Waals surface area (Å²) in [6.07, 6.45) is 2.78. The first-order valence-corrected chi connectivity index (χ1v) is 9.53. The molecule has 1 fully saturated rings. The second kappa shape index (κ2) is 6.17. The van der Waals surface area contributed by atoms with Gasteiger partial charge in [0, 0.05) is 12.7 Å². The minimum Gasteiger partial charge on any atom is -0.370 e. The Hall–Kier alpha value is -2.80. The van der Waals surface area contributed by atoms with Crippen molar-refractivity contribution in [3.63, 3.8) is 0 Å². The van der Waals surface area contributed by atoms with Crippen LogP contribution in [0.1, 0.15) is 27.4 Å². The lowest BCUT2D eigenvalue weighted by Crippen LogP contribution is -2.13. The van der Waals surface area contributed by atoms with E-state index in [0.29, 0.717) is 22.5 Å². The molecule has 26 heavy (non-hydrogen) atoms. The maximum absolute atomic E-state index is 12.1. The number of rotatable bonds is 5. The van der Waals surface area contributed by atoms with Crippen LogP contribution in [-0.2, 0) is 6.42 Å². The molecule has 7 heteroatoms. The summed E-state index contributed by atoms with van der Waals surface area (Å²) in [5, 5.41) is 14.1. The van der Waals surface area contributed by atoms with Crippen LogP contribution in [0.5, 0.6) is 0 Å². The molecule has 6 nitrogen and oxygen atoms in total. The first-order valence-electron chi connectivity index (χ1n) is 8.65. The summed E-state index contributed by atoms with van der Waals surface area (Å²) < 4.78 is 0. The fourth-order valence-electron chi connectivity index (χ4n) is 4.01. The maximum atomic E-state index is 12.1. The van der Waals surface area contributed by atoms with Crippen LogP contribution in [0.3, 0.4) is 0 Å². The zero-order valence-electron chi connectivity index (χ0n) is 13.9. The molecule has 130 valence electrons. The van der Waals surface area contributed by atoms with Crippen LogP contribution in [0.25, 0.3) is 0 Å². The monoisotopic (exact) mass is 363 g/mol. The molecule has 2 aromatic heterocycles. The number of anilines is 2. The Kier molecular flexibility index (Phi) is 3.67. The molecule has 1 aromatic carbocycles. The number of carbonyl (C=O) groups is 1. The average Bonchev–Trinajstić information content (AvgIpc) is 3.02. The molecule has 3 aromatic rings. The topological polar surface area (TPSA) is 79.8 Å². The highest BCUT2D eigenvalue weighted by Crippen LogP contribution is 2.61. The summed E-state index contributed by atoms with van der Waals surface area (Å²) in [5.41, 5.74) is 5.12. The van der Waals surface area contributed by atoms with E-state index >= 15 is 0 Å². The van der Waals surface area contributed by atoms with E-state index in [9.17, 15) is 4.79 Å². The third-order valence-electron chi connectivity index (χ3n) is 5.33. The molecule has 2 aliphatic rings. The fourth-order valence-corrected chi connectivity index (χ4v) is 4.45. The van der Waals surface area contributed by atoms with Gasteiger partial charge in [0.1, 0.15) is 11.3 Å². The number of nitrogens with one attached hydrogen (secondary N) is 2. The number of aromatic nitrogens is 3. The van der Waals surface area contributed by atoms with Crippen LogP contribution >= 0.6 is 11.3 Å². The van der Waals surface area contributed by atoms with Crippen molar-refractivity contribution >= 4 is 28.2 Å². The molecule has 2 aliphatic carbocycles. The fraction of sp³-hybridized carbons (Fsp3) is 0.263. The van der Waals surface area contributed by atoms with E-state index in [1.165, 1.54) is 28.9 Å². The standard InChI is InChI=1S/C19H17N5OS/c25-18(23-19-24-22-10-26-19)12-5-6-16(20-8-12)21-9-15-14-7-11-3-1-2-4-13(11)17(14)15/h1-6,8,10,14-15,17H,7,9H2,(H,20,21)(H,23,24,25). The second-order valence-electron chi connectivity index (χ2n) is 6.77. The zero-order chi connectivity index (χ0) is 17.5. The Bertz CT molecular complexity index is 941. The van der Waals surface area contributed by atoms with E-state index in [0.717, 1.165) is 18.3 Å². The van der Waals surface area contributed by atoms with Gasteiger partial charge in [-0.1, -0.05) is 35.6 Å². The van der Waals surface area contributed by atoms with E-state index in [1.54, 1.807) is 17.8 Å². The van der Waals surface area contributed by atoms with Gasteiger partial charge >= 0.3 is 0 Å². The number of hydrogen-bond donors (Lipinski definition) is 2.